The van der Waals surface area contributed by atoms with Gasteiger partial charge in [-0.2, -0.15) is 0 Å². The molecule has 0 aliphatic carbocycles. The smallest absolute Gasteiger partial charge is 0.241 e. The molecule has 0 radical (unpaired) electrons. The van der Waals surface area contributed by atoms with Crippen LogP contribution in [-0.2, 0) is 29.2 Å². The zero-order valence-corrected chi connectivity index (χ0v) is 33.9. The molecule has 0 aliphatic rings. The molecule has 0 saturated heterocycles. The molecule has 0 unspecified atom stereocenters. The van der Waals surface area contributed by atoms with E-state index >= 15 is 0 Å². The van der Waals surface area contributed by atoms with E-state index in [0.717, 1.165) is 11.3 Å². The van der Waals surface area contributed by atoms with Gasteiger partial charge in [-0.1, -0.05) is 18.2 Å². The molecule has 0 saturated carbocycles. The predicted octanol–water partition coefficient (Wildman–Crippen LogP) is 8.88. The molecule has 0 bridgehead atoms. The van der Waals surface area contributed by atoms with E-state index in [9.17, 15) is 0 Å². The van der Waals surface area contributed by atoms with Crippen molar-refractivity contribution in [3.63, 3.8) is 0 Å². The Morgan fingerprint density at radius 1 is 0.707 bits per heavy atom. The summed E-state index contributed by atoms with van der Waals surface area (Å²) in [6.07, 6.45) is 3.32. The van der Waals surface area contributed by atoms with Crippen LogP contribution in [0.25, 0.3) is 17.0 Å². The van der Waals surface area contributed by atoms with Crippen LogP contribution in [0.1, 0.15) is 5.56 Å². The molecule has 0 amide bonds. The second kappa shape index (κ2) is 13.5. The third-order valence-corrected chi connectivity index (χ3v) is 10.6. The van der Waals surface area contributed by atoms with Crippen LogP contribution in [0.2, 0.25) is 98.2 Å². The van der Waals surface area contributed by atoms with Gasteiger partial charge >= 0.3 is 0 Å². The minimum absolute atomic E-state index is 0.275. The van der Waals surface area contributed by atoms with Gasteiger partial charge in [-0.25, -0.2) is 0 Å². The zero-order chi connectivity index (χ0) is 31.6. The summed E-state index contributed by atoms with van der Waals surface area (Å²) < 4.78 is 36.9. The Labute approximate surface area is 256 Å². The van der Waals surface area contributed by atoms with Crippen LogP contribution in [0.15, 0.2) is 36.2 Å². The van der Waals surface area contributed by atoms with Crippen molar-refractivity contribution in [3.8, 4) is 0 Å². The third-order valence-electron chi connectivity index (χ3n) is 5.75. The largest absolute Gasteiger partial charge is 0.545 e. The zero-order valence-electron chi connectivity index (χ0n) is 28.9. The van der Waals surface area contributed by atoms with Gasteiger partial charge in [0, 0.05) is 29.7 Å². The van der Waals surface area contributed by atoms with E-state index in [1.165, 1.54) is 10.9 Å². The Morgan fingerprint density at radius 3 is 1.73 bits per heavy atom. The lowest BCUT2D eigenvalue weighted by Gasteiger charge is -2.43. The Hall–Kier alpha value is -0.776. The average Bonchev–Trinajstić information content (AvgIpc) is 3.05. The number of rotatable bonds is 15. The van der Waals surface area contributed by atoms with E-state index in [4.69, 9.17) is 22.1 Å². The summed E-state index contributed by atoms with van der Waals surface area (Å²) in [6, 6.07) is 8.51. The van der Waals surface area contributed by atoms with Crippen molar-refractivity contribution in [2.24, 2.45) is 7.05 Å². The third kappa shape index (κ3) is 13.2. The van der Waals surface area contributed by atoms with Gasteiger partial charge in [0.1, 0.15) is 18.0 Å². The van der Waals surface area contributed by atoms with E-state index in [0.29, 0.717) is 6.61 Å². The lowest BCUT2D eigenvalue weighted by atomic mass is 10.0. The van der Waals surface area contributed by atoms with Crippen LogP contribution in [0, 0.1) is 0 Å². The van der Waals surface area contributed by atoms with Crippen LogP contribution in [0.3, 0.4) is 0 Å². The Bertz CT molecular complexity index is 1160. The fraction of sp³-hybridized carbons (Fsp3) is 0.667. The number of aryl methyl sites for hydroxylation is 1. The highest BCUT2D eigenvalue weighted by Gasteiger charge is 2.43. The molecule has 1 aromatic heterocycles. The first-order chi connectivity index (χ1) is 18.3. The van der Waals surface area contributed by atoms with E-state index in [2.05, 4.69) is 146 Å². The summed E-state index contributed by atoms with van der Waals surface area (Å²) in [7, 11) is -7.88. The van der Waals surface area contributed by atoms with Gasteiger partial charge in [0.15, 0.2) is 33.3 Å². The summed E-state index contributed by atoms with van der Waals surface area (Å²) in [5, 5.41) is 1.19. The summed E-state index contributed by atoms with van der Waals surface area (Å²) in [5.41, 5.74) is 2.31. The molecule has 0 N–H and O–H groups in total. The average molecular weight is 654 g/mol. The topological polar surface area (TPSA) is 51.1 Å². The maximum absolute atomic E-state index is 7.12. The highest BCUT2D eigenvalue weighted by molar-refractivity contribution is 6.71. The highest BCUT2D eigenvalue weighted by Crippen LogP contribution is 2.33. The van der Waals surface area contributed by atoms with Crippen molar-refractivity contribution >= 4 is 58.6 Å². The van der Waals surface area contributed by atoms with Crippen LogP contribution < -0.4 is 0 Å². The first-order valence-electron chi connectivity index (χ1n) is 15.0. The fourth-order valence-electron chi connectivity index (χ4n) is 4.56. The summed E-state index contributed by atoms with van der Waals surface area (Å²) in [5.74, 6) is 0.836. The summed E-state index contributed by atoms with van der Waals surface area (Å²) >= 11 is 0. The fourth-order valence-corrected chi connectivity index (χ4v) is 9.32. The molecular weight excluding hydrogens is 595 g/mol. The van der Waals surface area contributed by atoms with Gasteiger partial charge in [-0.3, -0.25) is 0 Å². The standard InChI is InChI=1S/C30H59NO5Si5/c1-31-22-24(25-19-17-18-20-26(25)31)21-27(33-38(5,6)7)29(35-40(11,12)13)30(36-41(14,15)16)28(34-39(8,9)10)23-32-37(2,3)4/h17-22,28-30H,23H2,1-16H3/b27-21+/t28-,29-,30+/m0/s1. The van der Waals surface area contributed by atoms with Gasteiger partial charge in [-0.15, -0.1) is 0 Å². The monoisotopic (exact) mass is 653 g/mol. The highest BCUT2D eigenvalue weighted by atomic mass is 28.4. The number of hydrogen-bond donors (Lipinski definition) is 0. The number of fused-ring (bicyclic) bond motifs is 1. The molecule has 1 aromatic carbocycles. The van der Waals surface area contributed by atoms with Crippen molar-refractivity contribution in [2.45, 2.75) is 117 Å². The lowest BCUT2D eigenvalue weighted by Crippen LogP contribution is -2.56. The Morgan fingerprint density at radius 2 is 1.24 bits per heavy atom. The molecule has 6 nitrogen and oxygen atoms in total. The number of aromatic nitrogens is 1. The Balaban J connectivity index is 2.85. The van der Waals surface area contributed by atoms with Crippen LogP contribution >= 0.6 is 0 Å². The lowest BCUT2D eigenvalue weighted by molar-refractivity contribution is -0.0466. The van der Waals surface area contributed by atoms with E-state index < -0.39 is 47.7 Å². The van der Waals surface area contributed by atoms with Crippen LogP contribution in [-0.4, -0.2) is 71.1 Å². The van der Waals surface area contributed by atoms with Crippen molar-refractivity contribution in [2.75, 3.05) is 6.61 Å². The van der Waals surface area contributed by atoms with Crippen molar-refractivity contribution < 1.29 is 22.1 Å². The first kappa shape index (κ1) is 36.4. The molecular formula is C30H59NO5Si5. The number of benzene rings is 1. The minimum Gasteiger partial charge on any atom is -0.545 e. The van der Waals surface area contributed by atoms with Gasteiger partial charge in [0.2, 0.25) is 8.32 Å². The molecule has 0 fully saturated rings. The first-order valence-corrected chi connectivity index (χ1v) is 32.0. The van der Waals surface area contributed by atoms with Gasteiger partial charge in [0.25, 0.3) is 0 Å². The van der Waals surface area contributed by atoms with Gasteiger partial charge in [0.05, 0.1) is 12.7 Å². The van der Waals surface area contributed by atoms with Crippen LogP contribution in [0.4, 0.5) is 0 Å². The summed E-state index contributed by atoms with van der Waals surface area (Å²) in [6.45, 7) is 34.0. The molecule has 0 spiro atoms. The predicted molar refractivity (Wildman–Crippen MR) is 189 cm³/mol. The molecule has 2 rings (SSSR count). The normalized spacial score (nSPS) is 16.6. The van der Waals surface area contributed by atoms with Crippen molar-refractivity contribution in [3.05, 3.63) is 41.8 Å². The molecule has 2 aromatic rings. The SMILES string of the molecule is Cn1cc(/C=C(/O[Si](C)(C)C)[C@H](O[Si](C)(C)C)[C@H](O[Si](C)(C)C)[C@H](CO[Si](C)(C)C)O[Si](C)(C)C)c2ccccc21. The van der Waals surface area contributed by atoms with Gasteiger partial charge in [-0.05, 0) is 110 Å². The maximum atomic E-state index is 7.12. The maximum Gasteiger partial charge on any atom is 0.241 e. The van der Waals surface area contributed by atoms with E-state index in [1.54, 1.807) is 0 Å². The number of nitrogens with zero attached hydrogens (tertiary/aromatic N) is 1. The Kier molecular flexibility index (Phi) is 12.0. The number of hydrogen-bond acceptors (Lipinski definition) is 5. The quantitative estimate of drug-likeness (QED) is 0.142. The molecule has 1 heterocycles. The van der Waals surface area contributed by atoms with Gasteiger partial charge < -0.3 is 26.7 Å². The van der Waals surface area contributed by atoms with Crippen LogP contribution in [0.5, 0.6) is 0 Å². The van der Waals surface area contributed by atoms with Crippen molar-refractivity contribution in [1.29, 1.82) is 0 Å². The van der Waals surface area contributed by atoms with E-state index in [-0.39, 0.29) is 12.2 Å². The molecule has 41 heavy (non-hydrogen) atoms. The molecule has 11 heteroatoms. The minimum atomic E-state index is -2.08. The second-order valence-corrected chi connectivity index (χ2v) is 38.3. The van der Waals surface area contributed by atoms with E-state index in [1.807, 2.05) is 0 Å². The molecule has 234 valence electrons. The molecule has 3 atom stereocenters. The van der Waals surface area contributed by atoms with Crippen molar-refractivity contribution in [1.82, 2.24) is 4.57 Å². The molecule has 0 aliphatic heterocycles. The summed E-state index contributed by atoms with van der Waals surface area (Å²) in [4.78, 5) is 0. The second-order valence-electron chi connectivity index (χ2n) is 16.0. The number of para-hydroxylation sites is 1.